The predicted octanol–water partition coefficient (Wildman–Crippen LogP) is 4.98. The number of hydrogen-bond acceptors (Lipinski definition) is 6. The zero-order valence-corrected chi connectivity index (χ0v) is 23.2. The molecule has 37 heavy (non-hydrogen) atoms. The molecule has 2 N–H and O–H groups in total. The molecule has 2 atom stereocenters. The molecule has 0 spiro atoms. The van der Waals surface area contributed by atoms with Crippen LogP contribution in [0.3, 0.4) is 0 Å². The second-order valence-corrected chi connectivity index (χ2v) is 11.8. The van der Waals surface area contributed by atoms with Crippen molar-refractivity contribution >= 4 is 34.9 Å². The lowest BCUT2D eigenvalue weighted by atomic mass is 9.74. The third-order valence-corrected chi connectivity index (χ3v) is 8.56. The Balaban J connectivity index is 1.33. The van der Waals surface area contributed by atoms with Gasteiger partial charge in [-0.25, -0.2) is 0 Å². The van der Waals surface area contributed by atoms with Gasteiger partial charge in [0.15, 0.2) is 5.11 Å². The lowest BCUT2D eigenvalue weighted by Crippen LogP contribution is -2.45. The third kappa shape index (κ3) is 6.52. The molecule has 0 bridgehead atoms. The third-order valence-electron chi connectivity index (χ3n) is 8.31. The van der Waals surface area contributed by atoms with E-state index in [-0.39, 0.29) is 5.41 Å². The van der Waals surface area contributed by atoms with Gasteiger partial charge in [0.25, 0.3) is 0 Å². The standard InChI is InChI=1S/C29H42N6OS/c1-22-8-6-14-34(19-22)25-18-26(35-15-7-9-23(2)20-35)32-27(31-25)33-28(37)30-21-29(12-16-36-17-13-29)24-10-4-3-5-11-24/h3-5,10-11,18,22-23H,6-9,12-17,19-21H2,1-2H3,(H2,30,31,32,33,37)/t22-,23+. The highest BCUT2D eigenvalue weighted by Gasteiger charge is 2.34. The number of piperidine rings is 2. The molecule has 3 fully saturated rings. The molecule has 0 unspecified atom stereocenters. The maximum absolute atomic E-state index is 5.78. The molecule has 3 saturated heterocycles. The lowest BCUT2D eigenvalue weighted by molar-refractivity contribution is 0.0515. The smallest absolute Gasteiger partial charge is 0.232 e. The van der Waals surface area contributed by atoms with E-state index in [4.69, 9.17) is 26.9 Å². The van der Waals surface area contributed by atoms with E-state index in [0.29, 0.717) is 22.9 Å². The van der Waals surface area contributed by atoms with Gasteiger partial charge < -0.3 is 25.2 Å². The molecule has 1 aromatic heterocycles. The lowest BCUT2D eigenvalue weighted by Gasteiger charge is -2.38. The molecule has 3 aliphatic heterocycles. The van der Waals surface area contributed by atoms with Crippen molar-refractivity contribution in [3.63, 3.8) is 0 Å². The molecule has 4 heterocycles. The molecule has 8 heteroatoms. The van der Waals surface area contributed by atoms with Gasteiger partial charge in [-0.1, -0.05) is 44.2 Å². The van der Waals surface area contributed by atoms with Crippen LogP contribution in [0.1, 0.15) is 57.9 Å². The average molecular weight is 523 g/mol. The maximum atomic E-state index is 5.78. The quantitative estimate of drug-likeness (QED) is 0.515. The van der Waals surface area contributed by atoms with Crippen molar-refractivity contribution in [3.8, 4) is 0 Å². The predicted molar refractivity (Wildman–Crippen MR) is 156 cm³/mol. The summed E-state index contributed by atoms with van der Waals surface area (Å²) in [5, 5.41) is 7.43. The minimum absolute atomic E-state index is 0.00694. The van der Waals surface area contributed by atoms with E-state index in [9.17, 15) is 0 Å². The number of benzene rings is 1. The maximum Gasteiger partial charge on any atom is 0.232 e. The molecule has 0 amide bonds. The summed E-state index contributed by atoms with van der Waals surface area (Å²) >= 11 is 5.78. The molecule has 200 valence electrons. The Labute approximate surface area is 227 Å². The molecule has 5 rings (SSSR count). The van der Waals surface area contributed by atoms with E-state index in [1.54, 1.807) is 0 Å². The highest BCUT2D eigenvalue weighted by Crippen LogP contribution is 2.34. The first-order valence-electron chi connectivity index (χ1n) is 14.1. The Hall–Kier alpha value is -2.45. The van der Waals surface area contributed by atoms with Crippen molar-refractivity contribution < 1.29 is 4.74 Å². The van der Waals surface area contributed by atoms with Crippen molar-refractivity contribution in [2.24, 2.45) is 11.8 Å². The van der Waals surface area contributed by atoms with Gasteiger partial charge in [0.05, 0.1) is 0 Å². The second kappa shape index (κ2) is 11.9. The van der Waals surface area contributed by atoms with E-state index in [0.717, 1.165) is 70.4 Å². The van der Waals surface area contributed by atoms with Crippen LogP contribution >= 0.6 is 12.2 Å². The molecular weight excluding hydrogens is 480 g/mol. The molecule has 3 aliphatic rings. The minimum atomic E-state index is 0.00694. The number of anilines is 3. The van der Waals surface area contributed by atoms with Crippen LogP contribution < -0.4 is 20.4 Å². The number of aromatic nitrogens is 2. The summed E-state index contributed by atoms with van der Waals surface area (Å²) in [6.07, 6.45) is 6.92. The van der Waals surface area contributed by atoms with Gasteiger partial charge in [0.1, 0.15) is 11.6 Å². The van der Waals surface area contributed by atoms with Gasteiger partial charge in [0, 0.05) is 57.4 Å². The fourth-order valence-corrected chi connectivity index (χ4v) is 6.28. The molecule has 0 radical (unpaired) electrons. The minimum Gasteiger partial charge on any atom is -0.381 e. The first-order chi connectivity index (χ1) is 18.0. The zero-order chi connectivity index (χ0) is 25.7. The summed E-state index contributed by atoms with van der Waals surface area (Å²) in [4.78, 5) is 14.7. The van der Waals surface area contributed by atoms with E-state index in [2.05, 4.69) is 70.7 Å². The number of thiocarbonyl (C=S) groups is 1. The molecule has 2 aromatic rings. The molecular formula is C29H42N6OS. The van der Waals surface area contributed by atoms with Crippen LogP contribution in [0.15, 0.2) is 36.4 Å². The van der Waals surface area contributed by atoms with Gasteiger partial charge in [-0.05, 0) is 68.1 Å². The largest absolute Gasteiger partial charge is 0.381 e. The van der Waals surface area contributed by atoms with E-state index < -0.39 is 0 Å². The zero-order valence-electron chi connectivity index (χ0n) is 22.4. The SMILES string of the molecule is C[C@@H]1CCCN(c2cc(N3CCC[C@H](C)C3)nc(NC(=S)NCC3(c4ccccc4)CCOCC3)n2)C1. The van der Waals surface area contributed by atoms with E-state index in [1.807, 2.05) is 0 Å². The normalized spacial score (nSPS) is 23.9. The van der Waals surface area contributed by atoms with E-state index in [1.165, 1.54) is 31.2 Å². The fraction of sp³-hybridized carbons (Fsp3) is 0.621. The Kier molecular flexibility index (Phi) is 8.45. The Morgan fingerprint density at radius 2 is 1.57 bits per heavy atom. The second-order valence-electron chi connectivity index (χ2n) is 11.4. The summed E-state index contributed by atoms with van der Waals surface area (Å²) in [6, 6.07) is 12.9. The number of nitrogens with one attached hydrogen (secondary N) is 2. The number of rotatable bonds is 6. The van der Waals surface area contributed by atoms with Crippen LogP contribution in [0.25, 0.3) is 0 Å². The van der Waals surface area contributed by atoms with Crippen molar-refractivity contribution in [1.82, 2.24) is 15.3 Å². The molecule has 0 saturated carbocycles. The fourth-order valence-electron chi connectivity index (χ4n) is 6.11. The van der Waals surface area contributed by atoms with Crippen molar-refractivity contribution in [1.29, 1.82) is 0 Å². The van der Waals surface area contributed by atoms with E-state index >= 15 is 0 Å². The van der Waals surface area contributed by atoms with Gasteiger partial charge in [0.2, 0.25) is 5.95 Å². The van der Waals surface area contributed by atoms with Crippen LogP contribution in [0.4, 0.5) is 17.6 Å². The summed E-state index contributed by atoms with van der Waals surface area (Å²) in [7, 11) is 0. The number of hydrogen-bond donors (Lipinski definition) is 2. The van der Waals surface area contributed by atoms with Crippen molar-refractivity contribution in [2.75, 3.05) is 61.1 Å². The first kappa shape index (κ1) is 26.2. The molecule has 7 nitrogen and oxygen atoms in total. The highest BCUT2D eigenvalue weighted by molar-refractivity contribution is 7.80. The summed E-state index contributed by atoms with van der Waals surface area (Å²) < 4.78 is 5.70. The van der Waals surface area contributed by atoms with Gasteiger partial charge >= 0.3 is 0 Å². The highest BCUT2D eigenvalue weighted by atomic mass is 32.1. The topological polar surface area (TPSA) is 65.5 Å². The van der Waals surface area contributed by atoms with Crippen molar-refractivity contribution in [2.45, 2.75) is 57.8 Å². The van der Waals surface area contributed by atoms with Crippen LogP contribution in [-0.2, 0) is 10.2 Å². The van der Waals surface area contributed by atoms with Crippen LogP contribution in [0.2, 0.25) is 0 Å². The van der Waals surface area contributed by atoms with Gasteiger partial charge in [-0.15, -0.1) is 0 Å². The summed E-state index contributed by atoms with van der Waals surface area (Å²) in [5.41, 5.74) is 1.35. The van der Waals surface area contributed by atoms with Gasteiger partial charge in [-0.2, -0.15) is 9.97 Å². The Morgan fingerprint density at radius 1 is 0.973 bits per heavy atom. The summed E-state index contributed by atoms with van der Waals surface area (Å²) in [5.74, 6) is 3.95. The van der Waals surface area contributed by atoms with Gasteiger partial charge in [-0.3, -0.25) is 0 Å². The average Bonchev–Trinajstić information content (AvgIpc) is 2.93. The molecule has 0 aliphatic carbocycles. The first-order valence-corrected chi connectivity index (χ1v) is 14.5. The number of ether oxygens (including phenoxy) is 1. The van der Waals surface area contributed by atoms with Crippen LogP contribution in [0.5, 0.6) is 0 Å². The van der Waals surface area contributed by atoms with Crippen LogP contribution in [0, 0.1) is 11.8 Å². The monoisotopic (exact) mass is 522 g/mol. The summed E-state index contributed by atoms with van der Waals surface area (Å²) in [6.45, 7) is 11.1. The Morgan fingerprint density at radius 3 is 2.14 bits per heavy atom. The van der Waals surface area contributed by atoms with Crippen LogP contribution in [-0.4, -0.2) is 61.0 Å². The van der Waals surface area contributed by atoms with Crippen molar-refractivity contribution in [3.05, 3.63) is 42.0 Å². The Bertz CT molecular complexity index is 1000. The number of nitrogens with zero attached hydrogens (tertiary/aromatic N) is 4. The molecule has 1 aromatic carbocycles.